The van der Waals surface area contributed by atoms with Crippen molar-refractivity contribution in [2.45, 2.75) is 0 Å². The molecule has 0 radical (unpaired) electrons. The summed E-state index contributed by atoms with van der Waals surface area (Å²) in [6.45, 7) is -2.91. The normalized spacial score (nSPS) is 36.0. The molecule has 2 nitrogen and oxygen atoms in total. The SMILES string of the molecule is [2H]C([2H])([3H])P([2H])(=O)P=O. The third-order valence-electron chi connectivity index (χ3n) is 0.0742. The molecule has 0 saturated carbocycles. The van der Waals surface area contributed by atoms with E-state index in [1.54, 1.807) is 0 Å². The van der Waals surface area contributed by atoms with Gasteiger partial charge in [0.25, 0.3) is 0 Å². The minimum absolute atomic E-state index is 1.11. The van der Waals surface area contributed by atoms with Gasteiger partial charge in [-0.05, 0) is 6.59 Å². The van der Waals surface area contributed by atoms with E-state index in [4.69, 9.17) is 5.39 Å². The van der Waals surface area contributed by atoms with Crippen LogP contribution >= 0.6 is 15.6 Å². The Morgan fingerprint density at radius 1 is 2.80 bits per heavy atom. The third-order valence-corrected chi connectivity index (χ3v) is 0.667. The molecule has 0 aromatic rings. The first kappa shape index (κ1) is 1.44. The van der Waals surface area contributed by atoms with E-state index in [1.165, 1.54) is 0 Å². The van der Waals surface area contributed by atoms with Crippen molar-refractivity contribution in [1.82, 2.24) is 0 Å². The van der Waals surface area contributed by atoms with Crippen LogP contribution < -0.4 is 0 Å². The van der Waals surface area contributed by atoms with Crippen molar-refractivity contribution in [3.8, 4) is 0 Å². The van der Waals surface area contributed by atoms with Gasteiger partial charge in [-0.1, -0.05) is 0 Å². The Bertz CT molecular complexity index is 160. The van der Waals surface area contributed by atoms with E-state index in [9.17, 15) is 9.13 Å². The molecule has 30 valence electrons. The van der Waals surface area contributed by atoms with Crippen molar-refractivity contribution < 1.29 is 13.2 Å². The van der Waals surface area contributed by atoms with E-state index >= 15 is 0 Å². The monoisotopic (exact) mass is 115 g/mol. The third kappa shape index (κ3) is 4.33. The Hall–Kier alpha value is 0.330. The summed E-state index contributed by atoms with van der Waals surface area (Å²) in [6, 6.07) is 0. The van der Waals surface area contributed by atoms with Crippen LogP contribution in [-0.2, 0) is 9.13 Å². The molecule has 1 unspecified atom stereocenters. The van der Waals surface area contributed by atoms with E-state index in [-0.39, 0.29) is 0 Å². The molecule has 1 atom stereocenters. The summed E-state index contributed by atoms with van der Waals surface area (Å²) >= 11 is 0. The van der Waals surface area contributed by atoms with Gasteiger partial charge in [0.05, 0.1) is 0 Å². The Morgan fingerprint density at radius 3 is 3.40 bits per heavy atom. The van der Waals surface area contributed by atoms with Gasteiger partial charge in [-0.3, -0.25) is 4.57 Å². The molecule has 0 bridgehead atoms. The molecule has 0 aliphatic heterocycles. The van der Waals surface area contributed by atoms with Crippen LogP contribution in [0, 0.1) is 0 Å². The van der Waals surface area contributed by atoms with Gasteiger partial charge in [0, 0.05) is 4.11 Å². The van der Waals surface area contributed by atoms with Gasteiger partial charge in [-0.2, -0.15) is 0 Å². The van der Waals surface area contributed by atoms with Crippen LogP contribution in [0.15, 0.2) is 0 Å². The van der Waals surface area contributed by atoms with Gasteiger partial charge in [0.2, 0.25) is 8.15 Å². The average Bonchev–Trinajstić information content (AvgIpc) is 1.64. The zero-order chi connectivity index (χ0) is 7.71. The number of hydrogen-bond donors (Lipinski definition) is 0. The summed E-state index contributed by atoms with van der Waals surface area (Å²) in [5.74, 6) is 0. The maximum atomic E-state index is 10.4. The maximum absolute atomic E-state index is 10.4. The molecule has 4 heteroatoms. The summed E-state index contributed by atoms with van der Waals surface area (Å²) in [7, 11) is -5.30. The van der Waals surface area contributed by atoms with Crippen molar-refractivity contribution in [1.29, 1.82) is 1.28 Å². The highest BCUT2D eigenvalue weighted by molar-refractivity contribution is 8.09. The summed E-state index contributed by atoms with van der Waals surface area (Å²) in [6.07, 6.45) is 0. The highest BCUT2D eigenvalue weighted by atomic mass is 32.0. The van der Waals surface area contributed by atoms with Crippen LogP contribution in [0.1, 0.15) is 4.11 Å². The zero-order valence-electron chi connectivity index (χ0n) is 6.21. The molecule has 0 rings (SSSR count). The topological polar surface area (TPSA) is 34.1 Å². The minimum atomic E-state index is -4.19. The second-order valence-corrected chi connectivity index (χ2v) is 2.64. The lowest BCUT2D eigenvalue weighted by molar-refractivity contribution is 0.587. The average molecular weight is 115 g/mol. The molecule has 0 fully saturated rings. The highest BCUT2D eigenvalue weighted by Gasteiger charge is 1.75. The van der Waals surface area contributed by atoms with Crippen LogP contribution in [0.25, 0.3) is 0 Å². The van der Waals surface area contributed by atoms with Gasteiger partial charge < -0.3 is 4.57 Å². The lowest BCUT2D eigenvalue weighted by Gasteiger charge is -1.58. The van der Waals surface area contributed by atoms with Crippen molar-refractivity contribution in [3.63, 3.8) is 0 Å². The lowest BCUT2D eigenvalue weighted by Crippen LogP contribution is -1.21. The molecule has 0 aliphatic rings. The Kier molecular flexibility index (Phi) is 0.738. The first-order valence-corrected chi connectivity index (χ1v) is 3.57. The van der Waals surface area contributed by atoms with E-state index in [1.807, 2.05) is 0 Å². The van der Waals surface area contributed by atoms with E-state index in [0.29, 0.717) is 0 Å². The summed E-state index contributed by atoms with van der Waals surface area (Å²) in [5.41, 5.74) is 0. The predicted octanol–water partition coefficient (Wildman–Crippen LogP) is 1.38. The molecule has 0 saturated heterocycles. The first-order valence-electron chi connectivity index (χ1n) is 2.74. The highest BCUT2D eigenvalue weighted by Crippen LogP contribution is 2.29. The van der Waals surface area contributed by atoms with Crippen molar-refractivity contribution in [3.05, 3.63) is 0 Å². The van der Waals surface area contributed by atoms with Crippen LogP contribution in [0.2, 0.25) is 0 Å². The lowest BCUT2D eigenvalue weighted by atomic mass is 12.0. The fraction of sp³-hybridized carbons (Fsp3) is 1.00. The van der Waals surface area contributed by atoms with Crippen molar-refractivity contribution in [2.24, 2.45) is 0 Å². The standard InChI is InChI=1S/CH4O2P2/c1-5(3)4-2/h5H,1H3/i1TD2,5D. The zero-order valence-corrected chi connectivity index (χ0v) is 4.00. The second-order valence-electron chi connectivity index (χ2n) is 0.355. The fourth-order valence-electron chi connectivity index (χ4n) is 0. The molecular weight excluding hydrogens is 106 g/mol. The quantitative estimate of drug-likeness (QED) is 0.483. The Balaban J connectivity index is 4.54. The summed E-state index contributed by atoms with van der Waals surface area (Å²) in [5, 5.41) is 0. The van der Waals surface area contributed by atoms with Crippen molar-refractivity contribution in [2.75, 3.05) is 6.59 Å². The van der Waals surface area contributed by atoms with E-state index in [0.717, 1.165) is 0 Å². The Morgan fingerprint density at radius 2 is 3.40 bits per heavy atom. The van der Waals surface area contributed by atoms with Gasteiger partial charge >= 0.3 is 0 Å². The van der Waals surface area contributed by atoms with Gasteiger partial charge in [-0.25, -0.2) is 0 Å². The van der Waals surface area contributed by atoms with Crippen LogP contribution in [-0.4, -0.2) is 7.87 Å². The maximum Gasteiger partial charge on any atom is 0.218 e. The Labute approximate surface area is 38.0 Å². The van der Waals surface area contributed by atoms with E-state index in [2.05, 4.69) is 0 Å². The number of rotatable bonds is 1. The van der Waals surface area contributed by atoms with Gasteiger partial charge in [0.1, 0.15) is 1.28 Å². The van der Waals surface area contributed by atoms with Crippen LogP contribution in [0.3, 0.4) is 0 Å². The molecule has 0 aliphatic carbocycles. The smallest absolute Gasteiger partial charge is 0.218 e. The molecule has 0 heterocycles. The molecular formula is CH4O2P2. The number of hydrogen-bond acceptors (Lipinski definition) is 2. The molecule has 0 spiro atoms. The summed E-state index contributed by atoms with van der Waals surface area (Å²) < 4.78 is 45.9. The fourth-order valence-corrected chi connectivity index (χ4v) is 0. The van der Waals surface area contributed by atoms with Crippen molar-refractivity contribution >= 4 is 15.6 Å². The van der Waals surface area contributed by atoms with Gasteiger partial charge in [0.15, 0.2) is 7.43 Å². The largest absolute Gasteiger partial charge is 0.314 e. The van der Waals surface area contributed by atoms with Gasteiger partial charge in [-0.15, -0.1) is 0 Å². The minimum Gasteiger partial charge on any atom is -0.314 e. The molecule has 0 aromatic heterocycles. The molecule has 0 N–H and O–H groups in total. The van der Waals surface area contributed by atoms with Crippen LogP contribution in [0.4, 0.5) is 0 Å². The van der Waals surface area contributed by atoms with E-state index < -0.39 is 22.2 Å². The molecule has 5 heavy (non-hydrogen) atoms. The predicted molar refractivity (Wildman–Crippen MR) is 22.5 cm³/mol. The molecule has 0 aromatic carbocycles. The first-order chi connectivity index (χ1) is 3.81. The summed E-state index contributed by atoms with van der Waals surface area (Å²) in [4.78, 5) is 0. The van der Waals surface area contributed by atoms with Crippen LogP contribution in [0.5, 0.6) is 0 Å². The second kappa shape index (κ2) is 2.56. The molecule has 0 amide bonds.